The summed E-state index contributed by atoms with van der Waals surface area (Å²) in [6.07, 6.45) is 0.660. The van der Waals surface area contributed by atoms with Crippen LogP contribution in [0.5, 0.6) is 0 Å². The van der Waals surface area contributed by atoms with Gasteiger partial charge in [0.2, 0.25) is 0 Å². The second-order valence-corrected chi connectivity index (χ2v) is 3.60. The second-order valence-electron chi connectivity index (χ2n) is 3.60. The molecule has 0 aliphatic rings. The van der Waals surface area contributed by atoms with Crippen molar-refractivity contribution in [3.8, 4) is 0 Å². The molecule has 4 nitrogen and oxygen atoms in total. The van der Waals surface area contributed by atoms with E-state index in [1.807, 2.05) is 20.8 Å². The molecule has 0 saturated heterocycles. The molecule has 0 radical (unpaired) electrons. The van der Waals surface area contributed by atoms with Gasteiger partial charge in [-0.25, -0.2) is 0 Å². The van der Waals surface area contributed by atoms with Gasteiger partial charge in [-0.3, -0.25) is 4.79 Å². The van der Waals surface area contributed by atoms with Gasteiger partial charge in [0.15, 0.2) is 0 Å². The zero-order valence-electron chi connectivity index (χ0n) is 9.29. The Morgan fingerprint density at radius 1 is 1.36 bits per heavy atom. The molecule has 0 spiro atoms. The number of hydrogen-bond donors (Lipinski definition) is 1. The third-order valence-electron chi connectivity index (χ3n) is 1.70. The molecule has 0 aromatic rings. The maximum absolute atomic E-state index is 11.2. The van der Waals surface area contributed by atoms with Gasteiger partial charge < -0.3 is 15.2 Å². The Bertz CT molecular complexity index is 159. The molecule has 84 valence electrons. The Labute approximate surface area is 85.8 Å². The summed E-state index contributed by atoms with van der Waals surface area (Å²) in [5, 5.41) is 0. The van der Waals surface area contributed by atoms with Crippen LogP contribution in [0, 0.1) is 5.92 Å². The highest BCUT2D eigenvalue weighted by Gasteiger charge is 2.15. The number of nitrogens with two attached hydrogens (primary N) is 1. The lowest BCUT2D eigenvalue weighted by atomic mass is 10.1. The molecule has 0 aromatic carbocycles. The molecule has 4 heteroatoms. The summed E-state index contributed by atoms with van der Waals surface area (Å²) in [7, 11) is 0. The van der Waals surface area contributed by atoms with Crippen LogP contribution >= 0.6 is 0 Å². The zero-order chi connectivity index (χ0) is 11.0. The second kappa shape index (κ2) is 7.76. The molecule has 0 rings (SSSR count). The van der Waals surface area contributed by atoms with E-state index < -0.39 is 6.04 Å². The van der Waals surface area contributed by atoms with E-state index in [2.05, 4.69) is 0 Å². The summed E-state index contributed by atoms with van der Waals surface area (Å²) >= 11 is 0. The molecule has 0 bridgehead atoms. The molecule has 0 aliphatic carbocycles. The van der Waals surface area contributed by atoms with E-state index in [0.717, 1.165) is 0 Å². The largest absolute Gasteiger partial charge is 0.462 e. The highest BCUT2D eigenvalue weighted by atomic mass is 16.6. The highest BCUT2D eigenvalue weighted by molar-refractivity contribution is 5.75. The average molecular weight is 203 g/mol. The summed E-state index contributed by atoms with van der Waals surface area (Å²) in [6.45, 7) is 7.30. The van der Waals surface area contributed by atoms with E-state index in [-0.39, 0.29) is 5.97 Å². The monoisotopic (exact) mass is 203 g/mol. The molecular formula is C10H21NO3. The minimum absolute atomic E-state index is 0.290. The Kier molecular flexibility index (Phi) is 7.42. The zero-order valence-corrected chi connectivity index (χ0v) is 9.29. The Morgan fingerprint density at radius 2 is 2.00 bits per heavy atom. The maximum Gasteiger partial charge on any atom is 0.322 e. The van der Waals surface area contributed by atoms with Gasteiger partial charge in [-0.2, -0.15) is 0 Å². The summed E-state index contributed by atoms with van der Waals surface area (Å²) in [5.74, 6) is 0.0721. The average Bonchev–Trinajstić information content (AvgIpc) is 2.11. The van der Waals surface area contributed by atoms with Crippen LogP contribution in [0.3, 0.4) is 0 Å². The van der Waals surface area contributed by atoms with Crippen LogP contribution in [0.2, 0.25) is 0 Å². The first-order chi connectivity index (χ1) is 6.57. The number of ether oxygens (including phenoxy) is 2. The van der Waals surface area contributed by atoms with Gasteiger partial charge in [-0.1, -0.05) is 13.8 Å². The van der Waals surface area contributed by atoms with Crippen molar-refractivity contribution in [1.29, 1.82) is 0 Å². The molecule has 0 aromatic heterocycles. The van der Waals surface area contributed by atoms with Gasteiger partial charge >= 0.3 is 5.97 Å². The van der Waals surface area contributed by atoms with Gasteiger partial charge in [0.1, 0.15) is 12.6 Å². The smallest absolute Gasteiger partial charge is 0.322 e. The fourth-order valence-corrected chi connectivity index (χ4v) is 1.06. The summed E-state index contributed by atoms with van der Waals surface area (Å²) in [4.78, 5) is 11.2. The summed E-state index contributed by atoms with van der Waals surface area (Å²) in [6, 6.07) is -0.503. The molecular weight excluding hydrogens is 182 g/mol. The van der Waals surface area contributed by atoms with E-state index in [0.29, 0.717) is 32.2 Å². The van der Waals surface area contributed by atoms with E-state index in [1.54, 1.807) is 0 Å². The van der Waals surface area contributed by atoms with Crippen LogP contribution in [-0.4, -0.2) is 31.8 Å². The van der Waals surface area contributed by atoms with Crippen molar-refractivity contribution in [2.45, 2.75) is 33.2 Å². The first kappa shape index (κ1) is 13.4. The fourth-order valence-electron chi connectivity index (χ4n) is 1.06. The van der Waals surface area contributed by atoms with Crippen molar-refractivity contribution in [3.63, 3.8) is 0 Å². The Hall–Kier alpha value is -0.610. The van der Waals surface area contributed by atoms with Crippen LogP contribution in [0.15, 0.2) is 0 Å². The van der Waals surface area contributed by atoms with Crippen molar-refractivity contribution in [2.24, 2.45) is 11.7 Å². The van der Waals surface area contributed by atoms with Crippen molar-refractivity contribution < 1.29 is 14.3 Å². The van der Waals surface area contributed by atoms with E-state index in [1.165, 1.54) is 0 Å². The van der Waals surface area contributed by atoms with Crippen molar-refractivity contribution >= 4 is 5.97 Å². The SMILES string of the molecule is CCOCCOC(=O)[C@H](N)CC(C)C. The highest BCUT2D eigenvalue weighted by Crippen LogP contribution is 2.03. The maximum atomic E-state index is 11.2. The Morgan fingerprint density at radius 3 is 2.50 bits per heavy atom. The van der Waals surface area contributed by atoms with Crippen LogP contribution < -0.4 is 5.73 Å². The number of carbonyl (C=O) groups excluding carboxylic acids is 1. The minimum Gasteiger partial charge on any atom is -0.462 e. The first-order valence-corrected chi connectivity index (χ1v) is 5.07. The van der Waals surface area contributed by atoms with E-state index >= 15 is 0 Å². The van der Waals surface area contributed by atoms with Crippen LogP contribution in [0.4, 0.5) is 0 Å². The van der Waals surface area contributed by atoms with Crippen molar-refractivity contribution in [3.05, 3.63) is 0 Å². The standard InChI is InChI=1S/C10H21NO3/c1-4-13-5-6-14-10(12)9(11)7-8(2)3/h8-9H,4-7,11H2,1-3H3/t9-/m1/s1. The van der Waals surface area contributed by atoms with E-state index in [9.17, 15) is 4.79 Å². The molecule has 0 amide bonds. The molecule has 0 unspecified atom stereocenters. The van der Waals surface area contributed by atoms with Gasteiger partial charge in [0.05, 0.1) is 6.61 Å². The first-order valence-electron chi connectivity index (χ1n) is 5.07. The number of rotatable bonds is 7. The van der Waals surface area contributed by atoms with Crippen LogP contribution in [0.25, 0.3) is 0 Å². The quantitative estimate of drug-likeness (QED) is 0.494. The molecule has 2 N–H and O–H groups in total. The fraction of sp³-hybridized carbons (Fsp3) is 0.900. The molecule has 14 heavy (non-hydrogen) atoms. The Balaban J connectivity index is 3.52. The van der Waals surface area contributed by atoms with Crippen molar-refractivity contribution in [2.75, 3.05) is 19.8 Å². The van der Waals surface area contributed by atoms with Crippen molar-refractivity contribution in [1.82, 2.24) is 0 Å². The molecule has 1 atom stereocenters. The van der Waals surface area contributed by atoms with Crippen LogP contribution in [-0.2, 0) is 14.3 Å². The normalized spacial score (nSPS) is 12.9. The minimum atomic E-state index is -0.503. The molecule has 0 heterocycles. The predicted molar refractivity (Wildman–Crippen MR) is 54.9 cm³/mol. The number of hydrogen-bond acceptors (Lipinski definition) is 4. The lowest BCUT2D eigenvalue weighted by molar-refractivity contribution is -0.147. The third-order valence-corrected chi connectivity index (χ3v) is 1.70. The van der Waals surface area contributed by atoms with Crippen LogP contribution in [0.1, 0.15) is 27.2 Å². The number of carbonyl (C=O) groups is 1. The third kappa shape index (κ3) is 6.86. The van der Waals surface area contributed by atoms with Gasteiger partial charge in [0, 0.05) is 6.61 Å². The topological polar surface area (TPSA) is 61.5 Å². The lowest BCUT2D eigenvalue weighted by Crippen LogP contribution is -2.34. The van der Waals surface area contributed by atoms with E-state index in [4.69, 9.17) is 15.2 Å². The molecule has 0 aliphatic heterocycles. The van der Waals surface area contributed by atoms with Gasteiger partial charge in [0.25, 0.3) is 0 Å². The van der Waals surface area contributed by atoms with Gasteiger partial charge in [-0.15, -0.1) is 0 Å². The lowest BCUT2D eigenvalue weighted by Gasteiger charge is -2.13. The summed E-state index contributed by atoms with van der Waals surface area (Å²) < 4.78 is 9.94. The predicted octanol–water partition coefficient (Wildman–Crippen LogP) is 0.939. The molecule has 0 fully saturated rings. The summed E-state index contributed by atoms with van der Waals surface area (Å²) in [5.41, 5.74) is 5.62. The number of esters is 1. The molecule has 0 saturated carbocycles. The van der Waals surface area contributed by atoms with Gasteiger partial charge in [-0.05, 0) is 19.3 Å².